The molecule has 2 aromatic carbocycles. The summed E-state index contributed by atoms with van der Waals surface area (Å²) in [6, 6.07) is 14.8. The fourth-order valence-electron chi connectivity index (χ4n) is 3.52. The predicted molar refractivity (Wildman–Crippen MR) is 138 cm³/mol. The van der Waals surface area contributed by atoms with Crippen LogP contribution >= 0.6 is 15.9 Å². The van der Waals surface area contributed by atoms with Crippen molar-refractivity contribution in [3.05, 3.63) is 82.2 Å². The third kappa shape index (κ3) is 5.92. The standard InChI is InChI=1S/C25H25BrN6O4/c1-34-21-11-18(12-22(35-2)23(21)36-3)29-24-20(5-4-10-27-24)25(33)28-13-19-15-32(31-30-19)14-16-6-8-17(26)9-7-16/h4-12,15H,13-14H2,1-3H3,(H,27,29)(H,28,33). The summed E-state index contributed by atoms with van der Waals surface area (Å²) in [5.41, 5.74) is 2.72. The summed E-state index contributed by atoms with van der Waals surface area (Å²) in [5.74, 6) is 1.50. The van der Waals surface area contributed by atoms with Crippen molar-refractivity contribution in [3.8, 4) is 17.2 Å². The van der Waals surface area contributed by atoms with E-state index < -0.39 is 0 Å². The second-order valence-corrected chi connectivity index (χ2v) is 8.57. The van der Waals surface area contributed by atoms with Gasteiger partial charge in [0.15, 0.2) is 11.5 Å². The van der Waals surface area contributed by atoms with Gasteiger partial charge in [0.1, 0.15) is 11.5 Å². The van der Waals surface area contributed by atoms with E-state index in [1.54, 1.807) is 41.3 Å². The van der Waals surface area contributed by atoms with Crippen molar-refractivity contribution in [3.63, 3.8) is 0 Å². The zero-order chi connectivity index (χ0) is 25.5. The second kappa shape index (κ2) is 11.5. The molecule has 4 rings (SSSR count). The quantitative estimate of drug-likeness (QED) is 0.301. The molecule has 0 unspecified atom stereocenters. The number of ether oxygens (including phenoxy) is 3. The Balaban J connectivity index is 1.44. The zero-order valence-electron chi connectivity index (χ0n) is 20.0. The van der Waals surface area contributed by atoms with E-state index in [9.17, 15) is 4.79 Å². The number of aromatic nitrogens is 4. The topological polar surface area (TPSA) is 112 Å². The minimum absolute atomic E-state index is 0.220. The lowest BCUT2D eigenvalue weighted by atomic mass is 10.2. The van der Waals surface area contributed by atoms with Crippen molar-refractivity contribution in [2.24, 2.45) is 0 Å². The summed E-state index contributed by atoms with van der Waals surface area (Å²) in [6.07, 6.45) is 3.41. The number of hydrogen-bond acceptors (Lipinski definition) is 8. The number of rotatable bonds is 10. The van der Waals surface area contributed by atoms with Crippen LogP contribution in [0.2, 0.25) is 0 Å². The number of benzene rings is 2. The van der Waals surface area contributed by atoms with Gasteiger partial charge in [-0.1, -0.05) is 33.3 Å². The number of pyridine rings is 1. The Morgan fingerprint density at radius 3 is 2.42 bits per heavy atom. The van der Waals surface area contributed by atoms with Gasteiger partial charge in [0, 0.05) is 28.5 Å². The molecule has 36 heavy (non-hydrogen) atoms. The van der Waals surface area contributed by atoms with Crippen LogP contribution < -0.4 is 24.8 Å². The lowest BCUT2D eigenvalue weighted by molar-refractivity contribution is 0.0951. The number of carbonyl (C=O) groups is 1. The fraction of sp³-hybridized carbons (Fsp3) is 0.200. The molecule has 0 saturated carbocycles. The molecule has 0 fully saturated rings. The van der Waals surface area contributed by atoms with Crippen molar-refractivity contribution in [2.45, 2.75) is 13.1 Å². The highest BCUT2D eigenvalue weighted by Gasteiger charge is 2.17. The summed E-state index contributed by atoms with van der Waals surface area (Å²) in [5, 5.41) is 14.4. The van der Waals surface area contributed by atoms with Crippen LogP contribution in [0.3, 0.4) is 0 Å². The first-order valence-corrected chi connectivity index (χ1v) is 11.7. The van der Waals surface area contributed by atoms with Gasteiger partial charge in [-0.3, -0.25) is 4.79 Å². The van der Waals surface area contributed by atoms with Crippen molar-refractivity contribution in [1.29, 1.82) is 0 Å². The Kier molecular flexibility index (Phi) is 8.01. The molecule has 2 N–H and O–H groups in total. The number of hydrogen-bond donors (Lipinski definition) is 2. The van der Waals surface area contributed by atoms with E-state index in [4.69, 9.17) is 14.2 Å². The van der Waals surface area contributed by atoms with Crippen LogP contribution in [0.4, 0.5) is 11.5 Å². The molecule has 4 aromatic rings. The van der Waals surface area contributed by atoms with Crippen molar-refractivity contribution >= 4 is 33.3 Å². The number of anilines is 2. The average Bonchev–Trinajstić information content (AvgIpc) is 3.35. The largest absolute Gasteiger partial charge is 0.493 e. The minimum Gasteiger partial charge on any atom is -0.493 e. The summed E-state index contributed by atoms with van der Waals surface area (Å²) < 4.78 is 18.9. The smallest absolute Gasteiger partial charge is 0.255 e. The van der Waals surface area contributed by atoms with Crippen LogP contribution in [0.1, 0.15) is 21.6 Å². The molecule has 2 aromatic heterocycles. The number of nitrogens with one attached hydrogen (secondary N) is 2. The fourth-order valence-corrected chi connectivity index (χ4v) is 3.78. The van der Waals surface area contributed by atoms with Gasteiger partial charge in [-0.05, 0) is 29.8 Å². The molecule has 0 atom stereocenters. The molecule has 11 heteroatoms. The molecule has 0 spiro atoms. The van der Waals surface area contributed by atoms with E-state index in [1.165, 1.54) is 21.3 Å². The molecular formula is C25H25BrN6O4. The maximum absolute atomic E-state index is 13.0. The van der Waals surface area contributed by atoms with E-state index in [-0.39, 0.29) is 12.5 Å². The molecule has 0 aliphatic carbocycles. The molecule has 0 aliphatic heterocycles. The highest BCUT2D eigenvalue weighted by atomic mass is 79.9. The molecule has 0 saturated heterocycles. The first kappa shape index (κ1) is 25.0. The summed E-state index contributed by atoms with van der Waals surface area (Å²) >= 11 is 3.43. The molecule has 10 nitrogen and oxygen atoms in total. The zero-order valence-corrected chi connectivity index (χ0v) is 21.6. The SMILES string of the molecule is COc1cc(Nc2ncccc2C(=O)NCc2cn(Cc3ccc(Br)cc3)nn2)cc(OC)c1OC. The van der Waals surface area contributed by atoms with Crippen LogP contribution in [-0.4, -0.2) is 47.2 Å². The van der Waals surface area contributed by atoms with E-state index in [2.05, 4.69) is 41.9 Å². The number of carbonyl (C=O) groups excluding carboxylic acids is 1. The van der Waals surface area contributed by atoms with E-state index in [1.807, 2.05) is 24.3 Å². The second-order valence-electron chi connectivity index (χ2n) is 7.66. The van der Waals surface area contributed by atoms with E-state index in [0.29, 0.717) is 46.6 Å². The first-order valence-electron chi connectivity index (χ1n) is 10.9. The number of nitrogens with zero attached hydrogens (tertiary/aromatic N) is 4. The van der Waals surface area contributed by atoms with E-state index in [0.717, 1.165) is 10.0 Å². The summed E-state index contributed by atoms with van der Waals surface area (Å²) in [4.78, 5) is 17.3. The first-order chi connectivity index (χ1) is 17.5. The summed E-state index contributed by atoms with van der Waals surface area (Å²) in [6.45, 7) is 0.803. The van der Waals surface area contributed by atoms with Crippen LogP contribution in [0, 0.1) is 0 Å². The molecule has 0 bridgehead atoms. The predicted octanol–water partition coefficient (Wildman–Crippen LogP) is 4.18. The Morgan fingerprint density at radius 1 is 1.03 bits per heavy atom. The summed E-state index contributed by atoms with van der Waals surface area (Å²) in [7, 11) is 4.61. The molecule has 0 aliphatic rings. The molecule has 2 heterocycles. The molecule has 0 radical (unpaired) electrons. The minimum atomic E-state index is -0.305. The average molecular weight is 553 g/mol. The maximum atomic E-state index is 13.0. The number of halogens is 1. The third-order valence-corrected chi connectivity index (χ3v) is 5.78. The Labute approximate surface area is 216 Å². The Bertz CT molecular complexity index is 1320. The van der Waals surface area contributed by atoms with Crippen molar-refractivity contribution < 1.29 is 19.0 Å². The van der Waals surface area contributed by atoms with Crippen LogP contribution in [0.15, 0.2) is 65.4 Å². The highest BCUT2D eigenvalue weighted by Crippen LogP contribution is 2.40. The van der Waals surface area contributed by atoms with Crippen LogP contribution in [0.5, 0.6) is 17.2 Å². The normalized spacial score (nSPS) is 10.6. The number of methoxy groups -OCH3 is 3. The lowest BCUT2D eigenvalue weighted by Gasteiger charge is -2.16. The maximum Gasteiger partial charge on any atom is 0.255 e. The molecule has 186 valence electrons. The monoisotopic (exact) mass is 552 g/mol. The third-order valence-electron chi connectivity index (χ3n) is 5.25. The van der Waals surface area contributed by atoms with Crippen LogP contribution in [0.25, 0.3) is 0 Å². The van der Waals surface area contributed by atoms with Crippen molar-refractivity contribution in [1.82, 2.24) is 25.3 Å². The van der Waals surface area contributed by atoms with Gasteiger partial charge in [-0.15, -0.1) is 5.10 Å². The van der Waals surface area contributed by atoms with Crippen LogP contribution in [-0.2, 0) is 13.1 Å². The molecular weight excluding hydrogens is 528 g/mol. The van der Waals surface area contributed by atoms with Gasteiger partial charge in [-0.25, -0.2) is 9.67 Å². The Hall–Kier alpha value is -4.12. The number of amides is 1. The van der Waals surface area contributed by atoms with Gasteiger partial charge in [-0.2, -0.15) is 0 Å². The van der Waals surface area contributed by atoms with Gasteiger partial charge in [0.2, 0.25) is 5.75 Å². The van der Waals surface area contributed by atoms with Gasteiger partial charge in [0.25, 0.3) is 5.91 Å². The van der Waals surface area contributed by atoms with Gasteiger partial charge < -0.3 is 24.8 Å². The lowest BCUT2D eigenvalue weighted by Crippen LogP contribution is -2.24. The van der Waals surface area contributed by atoms with Gasteiger partial charge >= 0.3 is 0 Å². The van der Waals surface area contributed by atoms with E-state index >= 15 is 0 Å². The van der Waals surface area contributed by atoms with Crippen molar-refractivity contribution in [2.75, 3.05) is 26.6 Å². The highest BCUT2D eigenvalue weighted by molar-refractivity contribution is 9.10. The molecule has 1 amide bonds. The van der Waals surface area contributed by atoms with Gasteiger partial charge in [0.05, 0.1) is 46.2 Å². The Morgan fingerprint density at radius 2 is 1.75 bits per heavy atom.